The molecule has 2 aliphatic heterocycles. The molecule has 0 unspecified atom stereocenters. The Morgan fingerprint density at radius 3 is 3.00 bits per heavy atom. The zero-order chi connectivity index (χ0) is 15.7. The highest BCUT2D eigenvalue weighted by Crippen LogP contribution is 2.29. The fourth-order valence-electron chi connectivity index (χ4n) is 3.38. The molecule has 0 spiro atoms. The van der Waals surface area contributed by atoms with Crippen LogP contribution in [0.15, 0.2) is 0 Å². The molecular formula is C15H21ClN6. The summed E-state index contributed by atoms with van der Waals surface area (Å²) in [6.45, 7) is 5.60. The Labute approximate surface area is 136 Å². The van der Waals surface area contributed by atoms with E-state index in [1.807, 2.05) is 0 Å². The number of piperazine rings is 1. The van der Waals surface area contributed by atoms with Gasteiger partial charge in [0.05, 0.1) is 18.2 Å². The molecule has 6 nitrogen and oxygen atoms in total. The van der Waals surface area contributed by atoms with Crippen LogP contribution in [0.3, 0.4) is 0 Å². The number of likely N-dealkylation sites (N-methyl/N-ethyl adjacent to an activating group) is 1. The SMILES string of the molecule is C[C@@H]1CN(C)[C@@H](CC#N)CN1c1nc(Cl)nc2c1CCNC2. The van der Waals surface area contributed by atoms with Crippen molar-refractivity contribution in [3.8, 4) is 6.07 Å². The van der Waals surface area contributed by atoms with E-state index in [1.165, 1.54) is 5.56 Å². The minimum absolute atomic E-state index is 0.229. The maximum absolute atomic E-state index is 9.05. The van der Waals surface area contributed by atoms with Gasteiger partial charge in [0.25, 0.3) is 0 Å². The third-order valence-electron chi connectivity index (χ3n) is 4.60. The second-order valence-electron chi connectivity index (χ2n) is 6.13. The highest BCUT2D eigenvalue weighted by molar-refractivity contribution is 6.28. The number of hydrogen-bond acceptors (Lipinski definition) is 6. The summed E-state index contributed by atoms with van der Waals surface area (Å²) < 4.78 is 0. The van der Waals surface area contributed by atoms with E-state index in [-0.39, 0.29) is 6.04 Å². The molecule has 1 fully saturated rings. The molecule has 22 heavy (non-hydrogen) atoms. The minimum atomic E-state index is 0.229. The number of fused-ring (bicyclic) bond motifs is 1. The quantitative estimate of drug-likeness (QED) is 0.826. The molecule has 0 amide bonds. The lowest BCUT2D eigenvalue weighted by Gasteiger charge is -2.44. The summed E-state index contributed by atoms with van der Waals surface area (Å²) in [6, 6.07) is 2.86. The predicted molar refractivity (Wildman–Crippen MR) is 85.9 cm³/mol. The molecule has 118 valence electrons. The summed E-state index contributed by atoms with van der Waals surface area (Å²) in [5.41, 5.74) is 2.21. The number of halogens is 1. The van der Waals surface area contributed by atoms with Crippen molar-refractivity contribution in [2.45, 2.75) is 38.4 Å². The molecule has 0 saturated carbocycles. The molecule has 1 saturated heterocycles. The number of nitriles is 1. The first-order valence-electron chi connectivity index (χ1n) is 7.70. The summed E-state index contributed by atoms with van der Waals surface area (Å²) >= 11 is 6.14. The third-order valence-corrected chi connectivity index (χ3v) is 4.77. The first kappa shape index (κ1) is 15.5. The zero-order valence-electron chi connectivity index (χ0n) is 13.0. The van der Waals surface area contributed by atoms with E-state index >= 15 is 0 Å². The number of rotatable bonds is 2. The van der Waals surface area contributed by atoms with Gasteiger partial charge in [0.2, 0.25) is 5.28 Å². The van der Waals surface area contributed by atoms with E-state index in [2.05, 4.69) is 45.1 Å². The first-order valence-corrected chi connectivity index (χ1v) is 8.07. The van der Waals surface area contributed by atoms with Gasteiger partial charge < -0.3 is 10.2 Å². The zero-order valence-corrected chi connectivity index (χ0v) is 13.8. The molecule has 0 aromatic carbocycles. The molecule has 1 aromatic heterocycles. The van der Waals surface area contributed by atoms with Gasteiger partial charge >= 0.3 is 0 Å². The molecule has 3 heterocycles. The Balaban J connectivity index is 1.95. The van der Waals surface area contributed by atoms with E-state index < -0.39 is 0 Å². The van der Waals surface area contributed by atoms with E-state index in [0.717, 1.165) is 44.1 Å². The van der Waals surface area contributed by atoms with Crippen molar-refractivity contribution < 1.29 is 0 Å². The van der Waals surface area contributed by atoms with Crippen LogP contribution in [0, 0.1) is 11.3 Å². The van der Waals surface area contributed by atoms with Crippen LogP contribution < -0.4 is 10.2 Å². The number of hydrogen-bond donors (Lipinski definition) is 1. The number of nitrogens with one attached hydrogen (secondary N) is 1. The number of nitrogens with zero attached hydrogens (tertiary/aromatic N) is 5. The molecule has 7 heteroatoms. The van der Waals surface area contributed by atoms with E-state index in [4.69, 9.17) is 16.9 Å². The molecular weight excluding hydrogens is 300 g/mol. The molecule has 3 rings (SSSR count). The van der Waals surface area contributed by atoms with Gasteiger partial charge in [0.1, 0.15) is 5.82 Å². The van der Waals surface area contributed by atoms with Gasteiger partial charge in [-0.1, -0.05) is 0 Å². The van der Waals surface area contributed by atoms with Gasteiger partial charge in [-0.15, -0.1) is 0 Å². The average molecular weight is 321 g/mol. The van der Waals surface area contributed by atoms with Crippen LogP contribution in [-0.4, -0.2) is 53.6 Å². The van der Waals surface area contributed by atoms with Crippen LogP contribution in [0.4, 0.5) is 5.82 Å². The van der Waals surface area contributed by atoms with Gasteiger partial charge in [-0.3, -0.25) is 4.90 Å². The fraction of sp³-hybridized carbons (Fsp3) is 0.667. The maximum Gasteiger partial charge on any atom is 0.224 e. The molecule has 2 atom stereocenters. The minimum Gasteiger partial charge on any atom is -0.351 e. The molecule has 1 N–H and O–H groups in total. The van der Waals surface area contributed by atoms with Crippen molar-refractivity contribution >= 4 is 17.4 Å². The smallest absolute Gasteiger partial charge is 0.224 e. The highest BCUT2D eigenvalue weighted by atomic mass is 35.5. The molecule has 0 bridgehead atoms. The second-order valence-corrected chi connectivity index (χ2v) is 6.46. The van der Waals surface area contributed by atoms with Crippen molar-refractivity contribution in [3.63, 3.8) is 0 Å². The lowest BCUT2D eigenvalue weighted by Crippen LogP contribution is -2.56. The highest BCUT2D eigenvalue weighted by Gasteiger charge is 2.32. The Bertz CT molecular complexity index is 598. The van der Waals surface area contributed by atoms with Crippen LogP contribution in [0.25, 0.3) is 0 Å². The molecule has 1 aromatic rings. The van der Waals surface area contributed by atoms with E-state index in [9.17, 15) is 0 Å². The van der Waals surface area contributed by atoms with Gasteiger partial charge in [-0.05, 0) is 38.5 Å². The fourth-order valence-corrected chi connectivity index (χ4v) is 3.56. The van der Waals surface area contributed by atoms with Crippen LogP contribution in [0.1, 0.15) is 24.6 Å². The molecule has 0 aliphatic carbocycles. The Hall–Kier alpha value is -1.42. The summed E-state index contributed by atoms with van der Waals surface area (Å²) in [5.74, 6) is 0.958. The average Bonchev–Trinajstić information content (AvgIpc) is 2.49. The Kier molecular flexibility index (Phi) is 4.48. The lowest BCUT2D eigenvalue weighted by molar-refractivity contribution is 0.194. The normalized spacial score (nSPS) is 25.6. The third kappa shape index (κ3) is 2.89. The van der Waals surface area contributed by atoms with Crippen LogP contribution in [0.2, 0.25) is 5.28 Å². The molecule has 2 aliphatic rings. The molecule has 0 radical (unpaired) electrons. The standard InChI is InChI=1S/C15H21ClN6/c1-10-8-21(2)11(3-5-17)9-22(10)14-12-4-6-18-7-13(12)19-15(16)20-14/h10-11,18H,3-4,6-9H2,1-2H3/t10-,11+/m1/s1. The van der Waals surface area contributed by atoms with Gasteiger partial charge in [0.15, 0.2) is 0 Å². The van der Waals surface area contributed by atoms with E-state index in [0.29, 0.717) is 17.7 Å². The second kappa shape index (κ2) is 6.37. The number of aromatic nitrogens is 2. The van der Waals surface area contributed by atoms with Crippen molar-refractivity contribution in [2.75, 3.05) is 31.6 Å². The Morgan fingerprint density at radius 1 is 1.41 bits per heavy atom. The largest absolute Gasteiger partial charge is 0.351 e. The van der Waals surface area contributed by atoms with Crippen LogP contribution in [0.5, 0.6) is 0 Å². The first-order chi connectivity index (χ1) is 10.6. The van der Waals surface area contributed by atoms with E-state index in [1.54, 1.807) is 0 Å². The lowest BCUT2D eigenvalue weighted by atomic mass is 10.0. The van der Waals surface area contributed by atoms with Gasteiger partial charge in [0, 0.05) is 37.3 Å². The van der Waals surface area contributed by atoms with Crippen LogP contribution in [-0.2, 0) is 13.0 Å². The summed E-state index contributed by atoms with van der Waals surface area (Å²) in [4.78, 5) is 13.5. The summed E-state index contributed by atoms with van der Waals surface area (Å²) in [7, 11) is 2.09. The van der Waals surface area contributed by atoms with Crippen molar-refractivity contribution in [2.24, 2.45) is 0 Å². The van der Waals surface area contributed by atoms with Crippen molar-refractivity contribution in [3.05, 3.63) is 16.5 Å². The van der Waals surface area contributed by atoms with Crippen LogP contribution >= 0.6 is 11.6 Å². The number of anilines is 1. The monoisotopic (exact) mass is 320 g/mol. The summed E-state index contributed by atoms with van der Waals surface area (Å²) in [6.07, 6.45) is 1.45. The maximum atomic E-state index is 9.05. The van der Waals surface area contributed by atoms with Gasteiger partial charge in [-0.25, -0.2) is 9.97 Å². The van der Waals surface area contributed by atoms with Crippen molar-refractivity contribution in [1.29, 1.82) is 5.26 Å². The van der Waals surface area contributed by atoms with Gasteiger partial charge in [-0.2, -0.15) is 5.26 Å². The predicted octanol–water partition coefficient (Wildman–Crippen LogP) is 1.20. The topological polar surface area (TPSA) is 68.1 Å². The van der Waals surface area contributed by atoms with Crippen molar-refractivity contribution in [1.82, 2.24) is 20.2 Å². The Morgan fingerprint density at radius 2 is 2.23 bits per heavy atom. The summed E-state index contributed by atoms with van der Waals surface area (Å²) in [5, 5.41) is 12.7.